The molecule has 2 aliphatic rings. The Kier molecular flexibility index (Phi) is 4.36. The zero-order valence-electron chi connectivity index (χ0n) is 11.7. The molecule has 0 aliphatic carbocycles. The molecule has 0 amide bonds. The van der Waals surface area contributed by atoms with Crippen LogP contribution >= 0.6 is 0 Å². The van der Waals surface area contributed by atoms with Crippen molar-refractivity contribution in [3.05, 3.63) is 35.4 Å². The van der Waals surface area contributed by atoms with Gasteiger partial charge >= 0.3 is 0 Å². The van der Waals surface area contributed by atoms with Gasteiger partial charge < -0.3 is 19.3 Å². The van der Waals surface area contributed by atoms with Gasteiger partial charge in [0, 0.05) is 19.6 Å². The summed E-state index contributed by atoms with van der Waals surface area (Å²) in [6.07, 6.45) is 3.84. The van der Waals surface area contributed by atoms with Crippen LogP contribution in [0.4, 0.5) is 0 Å². The maximum absolute atomic E-state index is 10.5. The third-order valence-electron chi connectivity index (χ3n) is 4.04. The molecule has 0 saturated carbocycles. The van der Waals surface area contributed by atoms with Crippen molar-refractivity contribution < 1.29 is 19.3 Å². The number of hydrogen-bond donors (Lipinski definition) is 1. The van der Waals surface area contributed by atoms with Gasteiger partial charge in [0.1, 0.15) is 5.60 Å². The lowest BCUT2D eigenvalue weighted by Crippen LogP contribution is -2.26. The smallest absolute Gasteiger partial charge is 0.158 e. The second-order valence-corrected chi connectivity index (χ2v) is 5.64. The van der Waals surface area contributed by atoms with Crippen LogP contribution in [-0.2, 0) is 26.4 Å². The monoisotopic (exact) mass is 278 g/mol. The summed E-state index contributed by atoms with van der Waals surface area (Å²) in [4.78, 5) is 0. The number of hydrogen-bond acceptors (Lipinski definition) is 4. The molecule has 110 valence electrons. The molecule has 2 fully saturated rings. The Bertz CT molecular complexity index is 434. The van der Waals surface area contributed by atoms with Crippen LogP contribution < -0.4 is 0 Å². The highest BCUT2D eigenvalue weighted by molar-refractivity contribution is 5.28. The lowest BCUT2D eigenvalue weighted by Gasteiger charge is -2.24. The second-order valence-electron chi connectivity index (χ2n) is 5.64. The van der Waals surface area contributed by atoms with E-state index in [0.29, 0.717) is 26.2 Å². The SMILES string of the molecule is OC1(c2cccc(COC3CCCCO3)c2)CCOC1. The summed E-state index contributed by atoms with van der Waals surface area (Å²) in [6.45, 7) is 2.31. The minimum Gasteiger partial charge on any atom is -0.383 e. The molecule has 0 spiro atoms. The highest BCUT2D eigenvalue weighted by Crippen LogP contribution is 2.30. The van der Waals surface area contributed by atoms with Crippen LogP contribution in [0, 0.1) is 0 Å². The quantitative estimate of drug-likeness (QED) is 0.918. The number of rotatable bonds is 4. The van der Waals surface area contributed by atoms with Crippen LogP contribution in [0.1, 0.15) is 36.8 Å². The summed E-state index contributed by atoms with van der Waals surface area (Å²) in [5.41, 5.74) is 1.15. The van der Waals surface area contributed by atoms with Gasteiger partial charge in [-0.15, -0.1) is 0 Å². The molecule has 2 saturated heterocycles. The third-order valence-corrected chi connectivity index (χ3v) is 4.04. The first-order valence-electron chi connectivity index (χ1n) is 7.39. The summed E-state index contributed by atoms with van der Waals surface area (Å²) in [7, 11) is 0. The van der Waals surface area contributed by atoms with E-state index in [-0.39, 0.29) is 6.29 Å². The minimum atomic E-state index is -0.836. The molecule has 1 aromatic carbocycles. The fourth-order valence-electron chi connectivity index (χ4n) is 2.76. The van der Waals surface area contributed by atoms with E-state index in [1.54, 1.807) is 0 Å². The van der Waals surface area contributed by atoms with Gasteiger partial charge in [0.25, 0.3) is 0 Å². The predicted molar refractivity (Wildman–Crippen MR) is 74.2 cm³/mol. The Morgan fingerprint density at radius 3 is 3.00 bits per heavy atom. The fraction of sp³-hybridized carbons (Fsp3) is 0.625. The van der Waals surface area contributed by atoms with Gasteiger partial charge in [-0.25, -0.2) is 0 Å². The fourth-order valence-corrected chi connectivity index (χ4v) is 2.76. The van der Waals surface area contributed by atoms with Gasteiger partial charge in [-0.05, 0) is 30.4 Å². The van der Waals surface area contributed by atoms with Crippen LogP contribution in [-0.4, -0.2) is 31.2 Å². The zero-order valence-corrected chi connectivity index (χ0v) is 11.7. The average molecular weight is 278 g/mol. The topological polar surface area (TPSA) is 47.9 Å². The lowest BCUT2D eigenvalue weighted by molar-refractivity contribution is -0.168. The highest BCUT2D eigenvalue weighted by atomic mass is 16.7. The molecule has 2 heterocycles. The second kappa shape index (κ2) is 6.22. The van der Waals surface area contributed by atoms with Gasteiger partial charge in [-0.3, -0.25) is 0 Å². The Morgan fingerprint density at radius 1 is 1.30 bits per heavy atom. The molecule has 3 rings (SSSR count). The van der Waals surface area contributed by atoms with Crippen molar-refractivity contribution in [3.8, 4) is 0 Å². The summed E-state index contributed by atoms with van der Waals surface area (Å²) in [6, 6.07) is 7.95. The molecule has 1 N–H and O–H groups in total. The molecule has 20 heavy (non-hydrogen) atoms. The number of ether oxygens (including phenoxy) is 3. The Labute approximate surface area is 119 Å². The van der Waals surface area contributed by atoms with Crippen LogP contribution in [0.2, 0.25) is 0 Å². The zero-order chi connectivity index (χ0) is 13.8. The van der Waals surface area contributed by atoms with Crippen LogP contribution in [0.3, 0.4) is 0 Å². The van der Waals surface area contributed by atoms with Crippen molar-refractivity contribution >= 4 is 0 Å². The first kappa shape index (κ1) is 14.0. The largest absolute Gasteiger partial charge is 0.383 e. The van der Waals surface area contributed by atoms with Crippen molar-refractivity contribution in [2.24, 2.45) is 0 Å². The molecule has 1 aromatic rings. The van der Waals surface area contributed by atoms with Crippen LogP contribution in [0.15, 0.2) is 24.3 Å². The molecule has 0 radical (unpaired) electrons. The Balaban J connectivity index is 1.62. The summed E-state index contributed by atoms with van der Waals surface area (Å²) < 4.78 is 16.7. The maximum Gasteiger partial charge on any atom is 0.158 e. The van der Waals surface area contributed by atoms with Crippen molar-refractivity contribution in [1.82, 2.24) is 0 Å². The van der Waals surface area contributed by atoms with Crippen molar-refractivity contribution in [3.63, 3.8) is 0 Å². The maximum atomic E-state index is 10.5. The summed E-state index contributed by atoms with van der Waals surface area (Å²) >= 11 is 0. The Morgan fingerprint density at radius 2 is 2.25 bits per heavy atom. The third kappa shape index (κ3) is 3.20. The summed E-state index contributed by atoms with van der Waals surface area (Å²) in [5.74, 6) is 0. The molecule has 0 bridgehead atoms. The van der Waals surface area contributed by atoms with Gasteiger partial charge in [-0.1, -0.05) is 24.3 Å². The van der Waals surface area contributed by atoms with E-state index in [1.165, 1.54) is 6.42 Å². The molecular formula is C16H22O4. The number of benzene rings is 1. The predicted octanol–water partition coefficient (Wildman–Crippen LogP) is 2.34. The van der Waals surface area contributed by atoms with Crippen molar-refractivity contribution in [2.45, 2.75) is 44.2 Å². The van der Waals surface area contributed by atoms with E-state index in [0.717, 1.165) is 30.6 Å². The summed E-state index contributed by atoms with van der Waals surface area (Å²) in [5, 5.41) is 10.5. The van der Waals surface area contributed by atoms with Crippen LogP contribution in [0.25, 0.3) is 0 Å². The molecule has 4 heteroatoms. The number of aliphatic hydroxyl groups is 1. The van der Waals surface area contributed by atoms with Gasteiger partial charge in [0.2, 0.25) is 0 Å². The molecule has 0 aromatic heterocycles. The molecule has 2 unspecified atom stereocenters. The van der Waals surface area contributed by atoms with Crippen molar-refractivity contribution in [1.29, 1.82) is 0 Å². The first-order chi connectivity index (χ1) is 9.76. The lowest BCUT2D eigenvalue weighted by atomic mass is 9.92. The average Bonchev–Trinajstić information content (AvgIpc) is 2.95. The molecular weight excluding hydrogens is 256 g/mol. The van der Waals surface area contributed by atoms with E-state index in [4.69, 9.17) is 14.2 Å². The van der Waals surface area contributed by atoms with E-state index in [1.807, 2.05) is 24.3 Å². The molecule has 2 atom stereocenters. The van der Waals surface area contributed by atoms with E-state index < -0.39 is 5.60 Å². The van der Waals surface area contributed by atoms with E-state index in [2.05, 4.69) is 0 Å². The van der Waals surface area contributed by atoms with E-state index in [9.17, 15) is 5.11 Å². The van der Waals surface area contributed by atoms with Gasteiger partial charge in [0.15, 0.2) is 6.29 Å². The van der Waals surface area contributed by atoms with E-state index >= 15 is 0 Å². The normalized spacial score (nSPS) is 30.6. The van der Waals surface area contributed by atoms with Gasteiger partial charge in [0.05, 0.1) is 13.2 Å². The van der Waals surface area contributed by atoms with Gasteiger partial charge in [-0.2, -0.15) is 0 Å². The molecule has 4 nitrogen and oxygen atoms in total. The first-order valence-corrected chi connectivity index (χ1v) is 7.39. The standard InChI is InChI=1S/C16H22O4/c17-16(7-9-18-12-16)14-5-3-4-13(10-14)11-20-15-6-1-2-8-19-15/h3-5,10,15,17H,1-2,6-9,11-12H2. The van der Waals surface area contributed by atoms with Crippen molar-refractivity contribution in [2.75, 3.05) is 19.8 Å². The molecule has 2 aliphatic heterocycles. The van der Waals surface area contributed by atoms with Crippen LogP contribution in [0.5, 0.6) is 0 Å². The highest BCUT2D eigenvalue weighted by Gasteiger charge is 2.34. The Hall–Kier alpha value is -0.940. The minimum absolute atomic E-state index is 0.0784.